The SMILES string of the molecule is CCN[C@H]1C[C@H](Oc2cc(C)ccn2)C1. The minimum Gasteiger partial charge on any atom is -0.474 e. The summed E-state index contributed by atoms with van der Waals surface area (Å²) >= 11 is 0. The van der Waals surface area contributed by atoms with E-state index in [0.717, 1.165) is 25.3 Å². The molecule has 1 fully saturated rings. The van der Waals surface area contributed by atoms with Crippen molar-refractivity contribution in [1.29, 1.82) is 0 Å². The van der Waals surface area contributed by atoms with Gasteiger partial charge in [-0.1, -0.05) is 6.92 Å². The number of hydrogen-bond acceptors (Lipinski definition) is 3. The lowest BCUT2D eigenvalue weighted by atomic mass is 9.89. The molecule has 15 heavy (non-hydrogen) atoms. The third-order valence-electron chi connectivity index (χ3n) is 2.77. The summed E-state index contributed by atoms with van der Waals surface area (Å²) in [6.45, 7) is 5.23. The Hall–Kier alpha value is -1.09. The van der Waals surface area contributed by atoms with Gasteiger partial charge in [-0.3, -0.25) is 0 Å². The Labute approximate surface area is 90.9 Å². The first-order valence-electron chi connectivity index (χ1n) is 5.60. The van der Waals surface area contributed by atoms with Crippen molar-refractivity contribution in [2.45, 2.75) is 38.8 Å². The molecule has 1 aliphatic carbocycles. The van der Waals surface area contributed by atoms with Crippen LogP contribution in [0.2, 0.25) is 0 Å². The second-order valence-electron chi connectivity index (χ2n) is 4.14. The molecule has 1 aliphatic rings. The van der Waals surface area contributed by atoms with Crippen LogP contribution < -0.4 is 10.1 Å². The molecule has 1 aromatic rings. The minimum atomic E-state index is 0.350. The highest BCUT2D eigenvalue weighted by atomic mass is 16.5. The molecule has 0 aromatic carbocycles. The van der Waals surface area contributed by atoms with Crippen LogP contribution in [0.1, 0.15) is 25.3 Å². The number of ether oxygens (including phenoxy) is 1. The van der Waals surface area contributed by atoms with E-state index in [-0.39, 0.29) is 0 Å². The molecule has 0 bridgehead atoms. The summed E-state index contributed by atoms with van der Waals surface area (Å²) in [6.07, 6.45) is 4.35. The van der Waals surface area contributed by atoms with Crippen LogP contribution in [0.4, 0.5) is 0 Å². The van der Waals surface area contributed by atoms with Crippen LogP contribution in [0.3, 0.4) is 0 Å². The fourth-order valence-corrected chi connectivity index (χ4v) is 1.86. The Bertz CT molecular complexity index is 321. The second-order valence-corrected chi connectivity index (χ2v) is 4.14. The Morgan fingerprint density at radius 2 is 2.33 bits per heavy atom. The van der Waals surface area contributed by atoms with Gasteiger partial charge in [-0.2, -0.15) is 0 Å². The van der Waals surface area contributed by atoms with E-state index in [4.69, 9.17) is 4.74 Å². The zero-order valence-corrected chi connectivity index (χ0v) is 9.36. The maximum atomic E-state index is 5.76. The summed E-state index contributed by atoms with van der Waals surface area (Å²) in [7, 11) is 0. The fraction of sp³-hybridized carbons (Fsp3) is 0.583. The van der Waals surface area contributed by atoms with E-state index in [2.05, 4.69) is 24.1 Å². The molecule has 1 N–H and O–H groups in total. The summed E-state index contributed by atoms with van der Waals surface area (Å²) < 4.78 is 5.76. The minimum absolute atomic E-state index is 0.350. The van der Waals surface area contributed by atoms with Gasteiger partial charge in [0.15, 0.2) is 0 Å². The molecule has 2 rings (SSSR count). The lowest BCUT2D eigenvalue weighted by molar-refractivity contribution is 0.0814. The molecule has 0 spiro atoms. The highest BCUT2D eigenvalue weighted by Gasteiger charge is 2.30. The second kappa shape index (κ2) is 4.62. The van der Waals surface area contributed by atoms with Crippen molar-refractivity contribution in [2.24, 2.45) is 0 Å². The Balaban J connectivity index is 1.80. The van der Waals surface area contributed by atoms with Gasteiger partial charge in [-0.15, -0.1) is 0 Å². The van der Waals surface area contributed by atoms with E-state index in [0.29, 0.717) is 12.1 Å². The van der Waals surface area contributed by atoms with Gasteiger partial charge in [0.25, 0.3) is 0 Å². The molecule has 1 saturated carbocycles. The molecular formula is C12H18N2O. The number of aryl methyl sites for hydroxylation is 1. The normalized spacial score (nSPS) is 24.7. The Morgan fingerprint density at radius 1 is 1.53 bits per heavy atom. The summed E-state index contributed by atoms with van der Waals surface area (Å²) in [6, 6.07) is 4.61. The molecule has 3 nitrogen and oxygen atoms in total. The van der Waals surface area contributed by atoms with Crippen LogP contribution in [0.5, 0.6) is 5.88 Å². The van der Waals surface area contributed by atoms with E-state index in [1.807, 2.05) is 12.1 Å². The van der Waals surface area contributed by atoms with Crippen molar-refractivity contribution in [1.82, 2.24) is 10.3 Å². The van der Waals surface area contributed by atoms with Crippen molar-refractivity contribution in [3.05, 3.63) is 23.9 Å². The fourth-order valence-electron chi connectivity index (χ4n) is 1.86. The lowest BCUT2D eigenvalue weighted by Crippen LogP contribution is -2.46. The lowest BCUT2D eigenvalue weighted by Gasteiger charge is -2.35. The smallest absolute Gasteiger partial charge is 0.213 e. The van der Waals surface area contributed by atoms with Crippen LogP contribution in [-0.2, 0) is 0 Å². The van der Waals surface area contributed by atoms with Crippen LogP contribution in [-0.4, -0.2) is 23.7 Å². The largest absolute Gasteiger partial charge is 0.474 e. The van der Waals surface area contributed by atoms with Gasteiger partial charge in [0.2, 0.25) is 5.88 Å². The third kappa shape index (κ3) is 2.69. The number of nitrogens with zero attached hydrogens (tertiary/aromatic N) is 1. The standard InChI is InChI=1S/C12H18N2O/c1-3-13-10-7-11(8-10)15-12-6-9(2)4-5-14-12/h4-6,10-11,13H,3,7-8H2,1-2H3/t10-,11-. The van der Waals surface area contributed by atoms with Crippen LogP contribution in [0.25, 0.3) is 0 Å². The Morgan fingerprint density at radius 3 is 3.00 bits per heavy atom. The van der Waals surface area contributed by atoms with Gasteiger partial charge in [-0.25, -0.2) is 4.98 Å². The summed E-state index contributed by atoms with van der Waals surface area (Å²) in [5, 5.41) is 3.41. The maximum Gasteiger partial charge on any atom is 0.213 e. The average molecular weight is 206 g/mol. The molecule has 0 atom stereocenters. The molecule has 1 heterocycles. The van der Waals surface area contributed by atoms with Crippen LogP contribution in [0.15, 0.2) is 18.3 Å². The van der Waals surface area contributed by atoms with Crippen LogP contribution in [0, 0.1) is 6.92 Å². The molecule has 82 valence electrons. The quantitative estimate of drug-likeness (QED) is 0.817. The first-order valence-corrected chi connectivity index (χ1v) is 5.60. The van der Waals surface area contributed by atoms with E-state index < -0.39 is 0 Å². The van der Waals surface area contributed by atoms with E-state index in [1.165, 1.54) is 5.56 Å². The van der Waals surface area contributed by atoms with Gasteiger partial charge in [-0.05, 0) is 37.9 Å². The number of nitrogens with one attached hydrogen (secondary N) is 1. The molecule has 1 aromatic heterocycles. The number of rotatable bonds is 4. The van der Waals surface area contributed by atoms with Gasteiger partial charge in [0.05, 0.1) is 0 Å². The first kappa shape index (κ1) is 10.4. The van der Waals surface area contributed by atoms with E-state index >= 15 is 0 Å². The number of pyridine rings is 1. The van der Waals surface area contributed by atoms with Gasteiger partial charge in [0.1, 0.15) is 6.10 Å². The predicted molar refractivity (Wildman–Crippen MR) is 60.1 cm³/mol. The molecular weight excluding hydrogens is 188 g/mol. The predicted octanol–water partition coefficient (Wildman–Crippen LogP) is 1.91. The first-order chi connectivity index (χ1) is 7.28. The van der Waals surface area contributed by atoms with Crippen molar-refractivity contribution in [3.63, 3.8) is 0 Å². The highest BCUT2D eigenvalue weighted by Crippen LogP contribution is 2.24. The summed E-state index contributed by atoms with van der Waals surface area (Å²) in [5.74, 6) is 0.759. The van der Waals surface area contributed by atoms with Crippen molar-refractivity contribution < 1.29 is 4.74 Å². The molecule has 0 aliphatic heterocycles. The molecule has 0 unspecified atom stereocenters. The molecule has 0 amide bonds. The zero-order chi connectivity index (χ0) is 10.7. The van der Waals surface area contributed by atoms with Gasteiger partial charge < -0.3 is 10.1 Å². The summed E-state index contributed by atoms with van der Waals surface area (Å²) in [4.78, 5) is 4.19. The van der Waals surface area contributed by atoms with Gasteiger partial charge >= 0.3 is 0 Å². The number of hydrogen-bond donors (Lipinski definition) is 1. The van der Waals surface area contributed by atoms with E-state index in [9.17, 15) is 0 Å². The molecule has 0 saturated heterocycles. The van der Waals surface area contributed by atoms with Crippen molar-refractivity contribution in [3.8, 4) is 5.88 Å². The summed E-state index contributed by atoms with van der Waals surface area (Å²) in [5.41, 5.74) is 1.20. The van der Waals surface area contributed by atoms with E-state index in [1.54, 1.807) is 6.20 Å². The monoisotopic (exact) mass is 206 g/mol. The van der Waals surface area contributed by atoms with Crippen molar-refractivity contribution in [2.75, 3.05) is 6.54 Å². The molecule has 0 radical (unpaired) electrons. The van der Waals surface area contributed by atoms with Crippen molar-refractivity contribution >= 4 is 0 Å². The number of aromatic nitrogens is 1. The zero-order valence-electron chi connectivity index (χ0n) is 9.36. The third-order valence-corrected chi connectivity index (χ3v) is 2.77. The van der Waals surface area contributed by atoms with Gasteiger partial charge in [0, 0.05) is 18.3 Å². The average Bonchev–Trinajstić information content (AvgIpc) is 2.15. The highest BCUT2D eigenvalue weighted by molar-refractivity contribution is 5.19. The topological polar surface area (TPSA) is 34.1 Å². The maximum absolute atomic E-state index is 5.76. The Kier molecular flexibility index (Phi) is 3.21. The van der Waals surface area contributed by atoms with Crippen LogP contribution >= 0.6 is 0 Å². The molecule has 3 heteroatoms.